The van der Waals surface area contributed by atoms with Gasteiger partial charge in [-0.2, -0.15) is 5.26 Å². The summed E-state index contributed by atoms with van der Waals surface area (Å²) in [5.41, 5.74) is 0.417. The zero-order chi connectivity index (χ0) is 15.0. The summed E-state index contributed by atoms with van der Waals surface area (Å²) in [4.78, 5) is 11.0. The zero-order valence-electron chi connectivity index (χ0n) is 11.1. The van der Waals surface area contributed by atoms with Crippen LogP contribution in [0.25, 0.3) is 0 Å². The Morgan fingerprint density at radius 1 is 1.30 bits per heavy atom. The van der Waals surface area contributed by atoms with Crippen molar-refractivity contribution >= 4 is 15.8 Å². The topological polar surface area (TPSA) is 96.3 Å². The third kappa shape index (κ3) is 4.99. The van der Waals surface area contributed by atoms with E-state index in [0.717, 1.165) is 0 Å². The number of ether oxygens (including phenoxy) is 1. The summed E-state index contributed by atoms with van der Waals surface area (Å²) in [5, 5.41) is 11.5. The Morgan fingerprint density at radius 2 is 1.95 bits per heavy atom. The summed E-state index contributed by atoms with van der Waals surface area (Å²) >= 11 is 0. The molecule has 0 heterocycles. The molecule has 0 fully saturated rings. The minimum absolute atomic E-state index is 0.0694. The molecule has 0 radical (unpaired) electrons. The number of hydrogen-bond acceptors (Lipinski definition) is 6. The van der Waals surface area contributed by atoms with Gasteiger partial charge in [-0.05, 0) is 24.3 Å². The summed E-state index contributed by atoms with van der Waals surface area (Å²) in [7, 11) is -2.08. The number of esters is 1. The second kappa shape index (κ2) is 7.62. The lowest BCUT2D eigenvalue weighted by Gasteiger charge is -2.06. The van der Waals surface area contributed by atoms with Crippen LogP contribution < -0.4 is 5.32 Å². The highest BCUT2D eigenvalue weighted by atomic mass is 32.2. The van der Waals surface area contributed by atoms with Crippen molar-refractivity contribution in [1.82, 2.24) is 5.32 Å². The van der Waals surface area contributed by atoms with E-state index in [1.807, 2.05) is 6.07 Å². The minimum Gasteiger partial charge on any atom is -0.469 e. The fourth-order valence-corrected chi connectivity index (χ4v) is 2.68. The molecule has 0 aliphatic carbocycles. The van der Waals surface area contributed by atoms with Gasteiger partial charge in [-0.15, -0.1) is 0 Å². The highest BCUT2D eigenvalue weighted by Crippen LogP contribution is 2.11. The molecule has 1 N–H and O–H groups in total. The summed E-state index contributed by atoms with van der Waals surface area (Å²) in [6, 6.07) is 7.71. The quantitative estimate of drug-likeness (QED) is 0.581. The van der Waals surface area contributed by atoms with Gasteiger partial charge in [0.1, 0.15) is 0 Å². The first-order chi connectivity index (χ1) is 9.49. The molecule has 108 valence electrons. The van der Waals surface area contributed by atoms with Gasteiger partial charge in [0.2, 0.25) is 0 Å². The van der Waals surface area contributed by atoms with Gasteiger partial charge in [0.15, 0.2) is 9.84 Å². The Kier molecular flexibility index (Phi) is 6.15. The van der Waals surface area contributed by atoms with E-state index in [1.165, 1.54) is 31.4 Å². The molecule has 0 amide bonds. The van der Waals surface area contributed by atoms with Gasteiger partial charge in [0, 0.05) is 13.1 Å². The first-order valence-corrected chi connectivity index (χ1v) is 7.65. The van der Waals surface area contributed by atoms with Gasteiger partial charge in [0.05, 0.1) is 35.8 Å². The van der Waals surface area contributed by atoms with Crippen LogP contribution in [0.2, 0.25) is 0 Å². The largest absolute Gasteiger partial charge is 0.469 e. The van der Waals surface area contributed by atoms with E-state index in [9.17, 15) is 13.2 Å². The van der Waals surface area contributed by atoms with Crippen LogP contribution in [-0.4, -0.2) is 40.3 Å². The molecule has 20 heavy (non-hydrogen) atoms. The van der Waals surface area contributed by atoms with Crippen molar-refractivity contribution < 1.29 is 17.9 Å². The molecular formula is C13H16N2O4S. The number of sulfone groups is 1. The molecule has 0 spiro atoms. The highest BCUT2D eigenvalue weighted by molar-refractivity contribution is 7.91. The smallest absolute Gasteiger partial charge is 0.306 e. The van der Waals surface area contributed by atoms with E-state index in [0.29, 0.717) is 12.1 Å². The van der Waals surface area contributed by atoms with Gasteiger partial charge in [0.25, 0.3) is 0 Å². The number of carbonyl (C=O) groups excluding carboxylic acids is 1. The molecule has 0 aliphatic heterocycles. The Labute approximate surface area is 118 Å². The van der Waals surface area contributed by atoms with Crippen molar-refractivity contribution in [2.45, 2.75) is 11.3 Å². The van der Waals surface area contributed by atoms with E-state index in [4.69, 9.17) is 5.26 Å². The van der Waals surface area contributed by atoms with Gasteiger partial charge >= 0.3 is 5.97 Å². The molecule has 0 aliphatic rings. The van der Waals surface area contributed by atoms with Crippen molar-refractivity contribution in [3.8, 4) is 6.07 Å². The fourth-order valence-electron chi connectivity index (χ4n) is 1.48. The van der Waals surface area contributed by atoms with Crippen molar-refractivity contribution in [2.75, 3.05) is 26.0 Å². The van der Waals surface area contributed by atoms with Crippen LogP contribution in [-0.2, 0) is 19.4 Å². The third-order valence-electron chi connectivity index (χ3n) is 2.62. The Hall–Kier alpha value is -1.91. The first kappa shape index (κ1) is 16.1. The van der Waals surface area contributed by atoms with Crippen LogP contribution in [0.4, 0.5) is 0 Å². The van der Waals surface area contributed by atoms with Crippen LogP contribution in [0.5, 0.6) is 0 Å². The molecule has 0 bridgehead atoms. The van der Waals surface area contributed by atoms with Crippen molar-refractivity contribution in [1.29, 1.82) is 5.26 Å². The highest BCUT2D eigenvalue weighted by Gasteiger charge is 2.13. The molecule has 7 heteroatoms. The molecule has 0 atom stereocenters. The second-order valence-corrected chi connectivity index (χ2v) is 6.14. The zero-order valence-corrected chi connectivity index (χ0v) is 11.9. The van der Waals surface area contributed by atoms with Crippen molar-refractivity contribution in [3.05, 3.63) is 29.8 Å². The normalized spacial score (nSPS) is 10.8. The van der Waals surface area contributed by atoms with Crippen LogP contribution in [0, 0.1) is 11.3 Å². The molecule has 1 aromatic carbocycles. The Morgan fingerprint density at radius 3 is 2.50 bits per heavy atom. The van der Waals surface area contributed by atoms with Gasteiger partial charge in [-0.1, -0.05) is 0 Å². The number of nitriles is 1. The molecule has 0 aromatic heterocycles. The molecule has 1 rings (SSSR count). The third-order valence-corrected chi connectivity index (χ3v) is 4.36. The average Bonchev–Trinajstić information content (AvgIpc) is 2.46. The van der Waals surface area contributed by atoms with Crippen LogP contribution in [0.1, 0.15) is 12.0 Å². The molecule has 0 saturated heterocycles. The summed E-state index contributed by atoms with van der Waals surface area (Å²) in [6.07, 6.45) is 0.202. The van der Waals surface area contributed by atoms with Gasteiger partial charge in [-0.25, -0.2) is 8.42 Å². The van der Waals surface area contributed by atoms with E-state index < -0.39 is 9.84 Å². The van der Waals surface area contributed by atoms with Gasteiger partial charge < -0.3 is 10.1 Å². The van der Waals surface area contributed by atoms with Crippen LogP contribution in [0.3, 0.4) is 0 Å². The van der Waals surface area contributed by atoms with E-state index in [1.54, 1.807) is 0 Å². The van der Waals surface area contributed by atoms with E-state index in [2.05, 4.69) is 10.1 Å². The predicted molar refractivity (Wildman–Crippen MR) is 72.7 cm³/mol. The number of hydrogen-bond donors (Lipinski definition) is 1. The number of nitrogens with zero attached hydrogens (tertiary/aromatic N) is 1. The summed E-state index contributed by atoms with van der Waals surface area (Å²) in [5.74, 6) is -0.410. The van der Waals surface area contributed by atoms with Gasteiger partial charge in [-0.3, -0.25) is 4.79 Å². The Balaban J connectivity index is 2.45. The molecule has 6 nitrogen and oxygen atoms in total. The first-order valence-electron chi connectivity index (χ1n) is 6.00. The number of benzene rings is 1. The SMILES string of the molecule is COC(=O)CCNCCS(=O)(=O)c1ccc(C#N)cc1. The number of rotatable bonds is 7. The predicted octanol–water partition coefficient (Wildman–Crippen LogP) is 0.485. The number of methoxy groups -OCH3 is 1. The maximum absolute atomic E-state index is 12.0. The Bertz CT molecular complexity index is 588. The monoisotopic (exact) mass is 296 g/mol. The van der Waals surface area contributed by atoms with Crippen LogP contribution in [0.15, 0.2) is 29.2 Å². The lowest BCUT2D eigenvalue weighted by atomic mass is 10.2. The number of carbonyl (C=O) groups is 1. The average molecular weight is 296 g/mol. The fraction of sp³-hybridized carbons (Fsp3) is 0.385. The van der Waals surface area contributed by atoms with E-state index >= 15 is 0 Å². The lowest BCUT2D eigenvalue weighted by molar-refractivity contribution is -0.140. The molecule has 1 aromatic rings. The maximum atomic E-state index is 12.0. The summed E-state index contributed by atoms with van der Waals surface area (Å²) < 4.78 is 28.4. The van der Waals surface area contributed by atoms with Crippen molar-refractivity contribution in [2.24, 2.45) is 0 Å². The van der Waals surface area contributed by atoms with Crippen molar-refractivity contribution in [3.63, 3.8) is 0 Å². The molecule has 0 unspecified atom stereocenters. The van der Waals surface area contributed by atoms with Crippen LogP contribution >= 0.6 is 0 Å². The lowest BCUT2D eigenvalue weighted by Crippen LogP contribution is -2.25. The van der Waals surface area contributed by atoms with E-state index in [-0.39, 0.29) is 29.6 Å². The maximum Gasteiger partial charge on any atom is 0.306 e. The second-order valence-electron chi connectivity index (χ2n) is 4.03. The number of nitrogens with one attached hydrogen (secondary N) is 1. The standard InChI is InChI=1S/C13H16N2O4S/c1-19-13(16)6-7-15-8-9-20(17,18)12-4-2-11(10-14)3-5-12/h2-5,15H,6-9H2,1H3. The molecular weight excluding hydrogens is 280 g/mol. The minimum atomic E-state index is -3.38. The molecule has 0 saturated carbocycles. The summed E-state index contributed by atoms with van der Waals surface area (Å²) in [6.45, 7) is 0.620.